The Morgan fingerprint density at radius 1 is 1.23 bits per heavy atom. The van der Waals surface area contributed by atoms with Gasteiger partial charge in [-0.05, 0) is 30.9 Å². The summed E-state index contributed by atoms with van der Waals surface area (Å²) >= 11 is 1.67. The van der Waals surface area contributed by atoms with Gasteiger partial charge in [-0.25, -0.2) is 4.98 Å². The minimum Gasteiger partial charge on any atom is -0.372 e. The van der Waals surface area contributed by atoms with Gasteiger partial charge in [0, 0.05) is 37.8 Å². The standard InChI is InChI=1S/C20H25N3O2S/c1-16-4-2-3-5-17(16)15-23-11-12-25-20(14-18(23)24)6-9-22(10-7-20)19-21-8-13-26-19/h2-5,8,13H,6-7,9-12,14-15H2,1H3. The van der Waals surface area contributed by atoms with Crippen LogP contribution in [-0.4, -0.2) is 47.6 Å². The van der Waals surface area contributed by atoms with Crippen molar-refractivity contribution in [2.75, 3.05) is 31.1 Å². The molecule has 0 saturated carbocycles. The van der Waals surface area contributed by atoms with E-state index in [2.05, 4.69) is 28.9 Å². The highest BCUT2D eigenvalue weighted by Gasteiger charge is 2.41. The fourth-order valence-electron chi connectivity index (χ4n) is 3.89. The van der Waals surface area contributed by atoms with E-state index >= 15 is 0 Å². The van der Waals surface area contributed by atoms with Crippen LogP contribution in [-0.2, 0) is 16.1 Å². The molecular weight excluding hydrogens is 346 g/mol. The van der Waals surface area contributed by atoms with Gasteiger partial charge in [0.2, 0.25) is 5.91 Å². The van der Waals surface area contributed by atoms with Crippen LogP contribution in [0.4, 0.5) is 5.13 Å². The second-order valence-corrected chi connectivity index (χ2v) is 8.12. The van der Waals surface area contributed by atoms with Crippen molar-refractivity contribution in [1.82, 2.24) is 9.88 Å². The molecule has 138 valence electrons. The zero-order chi connectivity index (χ0) is 18.0. The number of benzene rings is 1. The van der Waals surface area contributed by atoms with Crippen molar-refractivity contribution < 1.29 is 9.53 Å². The summed E-state index contributed by atoms with van der Waals surface area (Å²) < 4.78 is 6.26. The van der Waals surface area contributed by atoms with E-state index in [0.29, 0.717) is 26.1 Å². The van der Waals surface area contributed by atoms with E-state index in [4.69, 9.17) is 4.74 Å². The van der Waals surface area contributed by atoms with Crippen LogP contribution >= 0.6 is 11.3 Å². The Hall–Kier alpha value is -1.92. The number of ether oxygens (including phenoxy) is 1. The molecule has 3 heterocycles. The van der Waals surface area contributed by atoms with Crippen LogP contribution in [0, 0.1) is 6.92 Å². The maximum atomic E-state index is 12.9. The molecule has 2 fully saturated rings. The highest BCUT2D eigenvalue weighted by molar-refractivity contribution is 7.13. The van der Waals surface area contributed by atoms with Gasteiger partial charge in [-0.15, -0.1) is 11.3 Å². The summed E-state index contributed by atoms with van der Waals surface area (Å²) in [5.74, 6) is 0.216. The zero-order valence-corrected chi connectivity index (χ0v) is 16.0. The van der Waals surface area contributed by atoms with Crippen molar-refractivity contribution >= 4 is 22.4 Å². The number of carbonyl (C=O) groups excluding carboxylic acids is 1. The van der Waals surface area contributed by atoms with Gasteiger partial charge in [-0.1, -0.05) is 24.3 Å². The predicted octanol–water partition coefficient (Wildman–Crippen LogP) is 3.24. The Morgan fingerprint density at radius 3 is 2.77 bits per heavy atom. The Morgan fingerprint density at radius 2 is 2.04 bits per heavy atom. The molecule has 2 aromatic rings. The highest BCUT2D eigenvalue weighted by Crippen LogP contribution is 2.34. The van der Waals surface area contributed by atoms with Gasteiger partial charge >= 0.3 is 0 Å². The summed E-state index contributed by atoms with van der Waals surface area (Å²) in [5, 5.41) is 3.08. The predicted molar refractivity (Wildman–Crippen MR) is 103 cm³/mol. The van der Waals surface area contributed by atoms with Gasteiger partial charge < -0.3 is 14.5 Å². The molecule has 26 heavy (non-hydrogen) atoms. The molecule has 5 nitrogen and oxygen atoms in total. The number of thiazole rings is 1. The third-order valence-electron chi connectivity index (χ3n) is 5.58. The number of piperidine rings is 1. The quantitative estimate of drug-likeness (QED) is 0.831. The number of hydrogen-bond donors (Lipinski definition) is 0. The first kappa shape index (κ1) is 17.5. The monoisotopic (exact) mass is 371 g/mol. The topological polar surface area (TPSA) is 45.7 Å². The van der Waals surface area contributed by atoms with Crippen LogP contribution in [0.2, 0.25) is 0 Å². The molecule has 0 unspecified atom stereocenters. The summed E-state index contributed by atoms with van der Waals surface area (Å²) in [7, 11) is 0. The third-order valence-corrected chi connectivity index (χ3v) is 6.41. The molecule has 1 aromatic carbocycles. The van der Waals surface area contributed by atoms with Crippen molar-refractivity contribution in [3.63, 3.8) is 0 Å². The van der Waals surface area contributed by atoms with Gasteiger partial charge in [0.05, 0.1) is 18.6 Å². The van der Waals surface area contributed by atoms with Crippen LogP contribution in [0.25, 0.3) is 0 Å². The van der Waals surface area contributed by atoms with Crippen LogP contribution in [0.3, 0.4) is 0 Å². The molecule has 0 radical (unpaired) electrons. The number of rotatable bonds is 3. The van der Waals surface area contributed by atoms with E-state index in [0.717, 1.165) is 31.1 Å². The average Bonchev–Trinajstić information content (AvgIpc) is 3.13. The number of amides is 1. The number of aromatic nitrogens is 1. The van der Waals surface area contributed by atoms with E-state index in [1.807, 2.05) is 28.6 Å². The molecule has 0 aliphatic carbocycles. The molecule has 0 N–H and O–H groups in total. The van der Waals surface area contributed by atoms with E-state index in [-0.39, 0.29) is 11.5 Å². The van der Waals surface area contributed by atoms with Gasteiger partial charge in [-0.2, -0.15) is 0 Å². The van der Waals surface area contributed by atoms with Gasteiger partial charge in [-0.3, -0.25) is 4.79 Å². The Bertz CT molecular complexity index is 754. The maximum Gasteiger partial charge on any atom is 0.225 e. The summed E-state index contributed by atoms with van der Waals surface area (Å²) in [5.41, 5.74) is 2.15. The zero-order valence-electron chi connectivity index (χ0n) is 15.2. The minimum atomic E-state index is -0.300. The maximum absolute atomic E-state index is 12.9. The largest absolute Gasteiger partial charge is 0.372 e. The van der Waals surface area contributed by atoms with Gasteiger partial charge in [0.15, 0.2) is 5.13 Å². The lowest BCUT2D eigenvalue weighted by molar-refractivity contribution is -0.134. The van der Waals surface area contributed by atoms with Crippen molar-refractivity contribution in [2.45, 2.75) is 38.3 Å². The van der Waals surface area contributed by atoms with Crippen LogP contribution in [0.1, 0.15) is 30.4 Å². The molecule has 2 aliphatic rings. The lowest BCUT2D eigenvalue weighted by Crippen LogP contribution is -2.47. The smallest absolute Gasteiger partial charge is 0.225 e. The van der Waals surface area contributed by atoms with E-state index in [1.165, 1.54) is 11.1 Å². The van der Waals surface area contributed by atoms with Crippen molar-refractivity contribution in [3.8, 4) is 0 Å². The Kier molecular flexibility index (Phi) is 4.96. The first-order valence-corrected chi connectivity index (χ1v) is 10.1. The van der Waals surface area contributed by atoms with E-state index in [9.17, 15) is 4.79 Å². The molecular formula is C20H25N3O2S. The molecule has 0 bridgehead atoms. The number of anilines is 1. The highest BCUT2D eigenvalue weighted by atomic mass is 32.1. The minimum absolute atomic E-state index is 0.216. The lowest BCUT2D eigenvalue weighted by atomic mass is 9.87. The van der Waals surface area contributed by atoms with Gasteiger partial charge in [0.1, 0.15) is 0 Å². The number of aryl methyl sites for hydroxylation is 1. The normalized spacial score (nSPS) is 20.4. The lowest BCUT2D eigenvalue weighted by Gasteiger charge is -2.40. The second-order valence-electron chi connectivity index (χ2n) is 7.25. The molecule has 1 amide bonds. The first-order chi connectivity index (χ1) is 12.7. The Balaban J connectivity index is 1.41. The molecule has 1 spiro atoms. The van der Waals surface area contributed by atoms with E-state index in [1.54, 1.807) is 11.3 Å². The number of nitrogens with zero attached hydrogens (tertiary/aromatic N) is 3. The average molecular weight is 372 g/mol. The van der Waals surface area contributed by atoms with E-state index < -0.39 is 0 Å². The molecule has 0 atom stereocenters. The summed E-state index contributed by atoms with van der Waals surface area (Å²) in [6.07, 6.45) is 4.11. The number of hydrogen-bond acceptors (Lipinski definition) is 5. The van der Waals surface area contributed by atoms with Crippen LogP contribution < -0.4 is 4.90 Å². The summed E-state index contributed by atoms with van der Waals surface area (Å²) in [4.78, 5) is 21.6. The van der Waals surface area contributed by atoms with Crippen molar-refractivity contribution in [1.29, 1.82) is 0 Å². The van der Waals surface area contributed by atoms with Crippen LogP contribution in [0.15, 0.2) is 35.8 Å². The second kappa shape index (κ2) is 7.37. The fraction of sp³-hybridized carbons (Fsp3) is 0.500. The van der Waals surface area contributed by atoms with Crippen LogP contribution in [0.5, 0.6) is 0 Å². The summed E-state index contributed by atoms with van der Waals surface area (Å²) in [6, 6.07) is 8.29. The molecule has 4 rings (SSSR count). The first-order valence-electron chi connectivity index (χ1n) is 9.26. The molecule has 2 saturated heterocycles. The SMILES string of the molecule is Cc1ccccc1CN1CCOC2(CCN(c3nccs3)CC2)CC1=O. The van der Waals surface area contributed by atoms with Crippen molar-refractivity contribution in [2.24, 2.45) is 0 Å². The third kappa shape index (κ3) is 3.62. The Labute approximate surface area is 158 Å². The van der Waals surface area contributed by atoms with Crippen molar-refractivity contribution in [3.05, 3.63) is 47.0 Å². The number of carbonyl (C=O) groups is 1. The summed E-state index contributed by atoms with van der Waals surface area (Å²) in [6.45, 7) is 5.87. The molecule has 1 aromatic heterocycles. The molecule has 2 aliphatic heterocycles. The van der Waals surface area contributed by atoms with Gasteiger partial charge in [0.25, 0.3) is 0 Å². The fourth-order valence-corrected chi connectivity index (χ4v) is 4.59. The molecule has 6 heteroatoms.